The summed E-state index contributed by atoms with van der Waals surface area (Å²) in [5.74, 6) is 0.170. The molecule has 1 amide bonds. The number of benzene rings is 2. The van der Waals surface area contributed by atoms with Crippen molar-refractivity contribution in [3.63, 3.8) is 0 Å². The molecule has 0 aliphatic rings. The number of amides is 1. The molecule has 0 saturated carbocycles. The number of fused-ring (bicyclic) bond motifs is 1. The van der Waals surface area contributed by atoms with Gasteiger partial charge in [0, 0.05) is 17.2 Å². The van der Waals surface area contributed by atoms with E-state index >= 15 is 0 Å². The number of carbonyl (C=O) groups is 2. The van der Waals surface area contributed by atoms with Crippen molar-refractivity contribution in [2.24, 2.45) is 5.92 Å². The van der Waals surface area contributed by atoms with Crippen molar-refractivity contribution in [3.05, 3.63) is 77.2 Å². The summed E-state index contributed by atoms with van der Waals surface area (Å²) in [5, 5.41) is 5.62. The molecule has 32 heavy (non-hydrogen) atoms. The van der Waals surface area contributed by atoms with Crippen LogP contribution in [0.2, 0.25) is 0 Å². The minimum atomic E-state index is -0.464. The fourth-order valence-corrected chi connectivity index (χ4v) is 4.30. The highest BCUT2D eigenvalue weighted by molar-refractivity contribution is 7.14. The molecule has 0 spiro atoms. The van der Waals surface area contributed by atoms with E-state index in [1.165, 1.54) is 11.3 Å². The number of hydrogen-bond donors (Lipinski definition) is 1. The van der Waals surface area contributed by atoms with Crippen LogP contribution in [0.3, 0.4) is 0 Å². The maximum Gasteiger partial charge on any atom is 0.341 e. The summed E-state index contributed by atoms with van der Waals surface area (Å²) in [6, 6.07) is 19.4. The van der Waals surface area contributed by atoms with E-state index in [2.05, 4.69) is 5.32 Å². The van der Waals surface area contributed by atoms with Gasteiger partial charge in [-0.2, -0.15) is 0 Å². The van der Waals surface area contributed by atoms with E-state index in [0.717, 1.165) is 16.5 Å². The molecule has 0 fully saturated rings. The molecular formula is C26H25NO4S. The van der Waals surface area contributed by atoms with Crippen molar-refractivity contribution in [3.8, 4) is 10.6 Å². The van der Waals surface area contributed by atoms with Crippen molar-refractivity contribution in [1.29, 1.82) is 0 Å². The maximum atomic E-state index is 13.0. The zero-order chi connectivity index (χ0) is 22.5. The summed E-state index contributed by atoms with van der Waals surface area (Å²) in [7, 11) is 0. The third-order valence-corrected chi connectivity index (χ3v) is 5.94. The molecule has 2 aromatic carbocycles. The van der Waals surface area contributed by atoms with Gasteiger partial charge in [0.1, 0.15) is 16.9 Å². The van der Waals surface area contributed by atoms with E-state index in [0.29, 0.717) is 41.3 Å². The highest BCUT2D eigenvalue weighted by atomic mass is 32.1. The van der Waals surface area contributed by atoms with E-state index in [1.807, 2.05) is 74.5 Å². The number of aryl methyl sites for hydroxylation is 1. The van der Waals surface area contributed by atoms with Crippen molar-refractivity contribution in [2.45, 2.75) is 26.7 Å². The smallest absolute Gasteiger partial charge is 0.341 e. The zero-order valence-corrected chi connectivity index (χ0v) is 18.9. The first kappa shape index (κ1) is 21.8. The third-order valence-electron chi connectivity index (χ3n) is 4.95. The van der Waals surface area contributed by atoms with Gasteiger partial charge in [0.2, 0.25) is 5.91 Å². The molecule has 0 bridgehead atoms. The second kappa shape index (κ2) is 9.83. The van der Waals surface area contributed by atoms with Crippen LogP contribution in [-0.4, -0.2) is 18.5 Å². The molecule has 2 aromatic heterocycles. The van der Waals surface area contributed by atoms with Crippen LogP contribution in [0.1, 0.15) is 36.2 Å². The van der Waals surface area contributed by atoms with Crippen LogP contribution >= 0.6 is 11.3 Å². The molecule has 0 aliphatic carbocycles. The van der Waals surface area contributed by atoms with Crippen molar-refractivity contribution in [2.75, 3.05) is 11.9 Å². The number of para-hydroxylation sites is 1. The van der Waals surface area contributed by atoms with Crippen LogP contribution in [0.25, 0.3) is 21.6 Å². The van der Waals surface area contributed by atoms with Crippen LogP contribution in [-0.2, 0) is 16.0 Å². The first-order chi connectivity index (χ1) is 15.5. The molecule has 164 valence electrons. The van der Waals surface area contributed by atoms with Gasteiger partial charge in [0.05, 0.1) is 17.2 Å². The van der Waals surface area contributed by atoms with Gasteiger partial charge in [0.15, 0.2) is 0 Å². The minimum Gasteiger partial charge on any atom is -0.462 e. The predicted molar refractivity (Wildman–Crippen MR) is 128 cm³/mol. The summed E-state index contributed by atoms with van der Waals surface area (Å²) in [4.78, 5) is 26.3. The lowest BCUT2D eigenvalue weighted by molar-refractivity contribution is -0.116. The number of thiophene rings is 1. The monoisotopic (exact) mass is 447 g/mol. The minimum absolute atomic E-state index is 0.152. The summed E-state index contributed by atoms with van der Waals surface area (Å²) >= 11 is 1.35. The van der Waals surface area contributed by atoms with Gasteiger partial charge >= 0.3 is 5.97 Å². The highest BCUT2D eigenvalue weighted by Gasteiger charge is 2.25. The van der Waals surface area contributed by atoms with E-state index in [9.17, 15) is 9.59 Å². The first-order valence-corrected chi connectivity index (χ1v) is 11.5. The van der Waals surface area contributed by atoms with Gasteiger partial charge < -0.3 is 14.5 Å². The molecule has 6 heteroatoms. The first-order valence-electron chi connectivity index (χ1n) is 10.6. The third kappa shape index (κ3) is 5.08. The van der Waals surface area contributed by atoms with Crippen LogP contribution in [0.15, 0.2) is 70.5 Å². The van der Waals surface area contributed by atoms with Crippen LogP contribution in [0.5, 0.6) is 0 Å². The Morgan fingerprint density at radius 2 is 1.81 bits per heavy atom. The molecule has 4 rings (SSSR count). The number of nitrogens with one attached hydrogen (secondary N) is 1. The summed E-state index contributed by atoms with van der Waals surface area (Å²) in [5.41, 5.74) is 2.62. The largest absolute Gasteiger partial charge is 0.462 e. The Kier molecular flexibility index (Phi) is 6.71. The number of esters is 1. The Morgan fingerprint density at radius 1 is 1.06 bits per heavy atom. The molecule has 0 aliphatic heterocycles. The Labute approximate surface area is 191 Å². The Morgan fingerprint density at radius 3 is 2.56 bits per heavy atom. The fourth-order valence-electron chi connectivity index (χ4n) is 3.36. The SMILES string of the molecule is CC(C)COC(=O)c1c(NC(=O)CCc2ccccc2)csc1-c1cc2ccccc2o1. The quantitative estimate of drug-likeness (QED) is 0.311. The number of furan rings is 1. The molecule has 4 aromatic rings. The average molecular weight is 448 g/mol. The lowest BCUT2D eigenvalue weighted by atomic mass is 10.1. The Bertz CT molecular complexity index is 1190. The van der Waals surface area contributed by atoms with Gasteiger partial charge in [0.25, 0.3) is 0 Å². The van der Waals surface area contributed by atoms with Gasteiger partial charge in [-0.15, -0.1) is 11.3 Å². The fraction of sp³-hybridized carbons (Fsp3) is 0.231. The van der Waals surface area contributed by atoms with Crippen molar-refractivity contribution in [1.82, 2.24) is 0 Å². The molecule has 2 heterocycles. The Balaban J connectivity index is 1.59. The second-order valence-electron chi connectivity index (χ2n) is 8.03. The van der Waals surface area contributed by atoms with Crippen LogP contribution in [0, 0.1) is 5.92 Å². The Hall–Kier alpha value is -3.38. The molecule has 5 nitrogen and oxygen atoms in total. The van der Waals surface area contributed by atoms with E-state index < -0.39 is 5.97 Å². The summed E-state index contributed by atoms with van der Waals surface area (Å²) in [6.07, 6.45) is 0.945. The molecule has 0 unspecified atom stereocenters. The lowest BCUT2D eigenvalue weighted by Crippen LogP contribution is -2.16. The highest BCUT2D eigenvalue weighted by Crippen LogP contribution is 2.39. The number of carbonyl (C=O) groups excluding carboxylic acids is 2. The summed E-state index contributed by atoms with van der Waals surface area (Å²) < 4.78 is 11.5. The molecule has 0 radical (unpaired) electrons. The molecule has 1 N–H and O–H groups in total. The maximum absolute atomic E-state index is 13.0. The van der Waals surface area contributed by atoms with Crippen LogP contribution in [0.4, 0.5) is 5.69 Å². The van der Waals surface area contributed by atoms with Crippen molar-refractivity contribution >= 4 is 39.9 Å². The van der Waals surface area contributed by atoms with E-state index in [4.69, 9.17) is 9.15 Å². The number of hydrogen-bond acceptors (Lipinski definition) is 5. The van der Waals surface area contributed by atoms with E-state index in [-0.39, 0.29) is 11.8 Å². The number of rotatable bonds is 8. The molecule has 0 saturated heterocycles. The average Bonchev–Trinajstić information content (AvgIpc) is 3.40. The number of anilines is 1. The van der Waals surface area contributed by atoms with Gasteiger partial charge in [-0.3, -0.25) is 4.79 Å². The lowest BCUT2D eigenvalue weighted by Gasteiger charge is -2.10. The summed E-state index contributed by atoms with van der Waals surface area (Å²) in [6.45, 7) is 4.26. The van der Waals surface area contributed by atoms with Crippen LogP contribution < -0.4 is 5.32 Å². The molecule has 0 atom stereocenters. The topological polar surface area (TPSA) is 68.5 Å². The molecular weight excluding hydrogens is 422 g/mol. The number of ether oxygens (including phenoxy) is 1. The van der Waals surface area contributed by atoms with Gasteiger partial charge in [-0.25, -0.2) is 4.79 Å². The normalized spacial score (nSPS) is 11.1. The van der Waals surface area contributed by atoms with Gasteiger partial charge in [-0.05, 0) is 30.0 Å². The van der Waals surface area contributed by atoms with Crippen molar-refractivity contribution < 1.29 is 18.7 Å². The van der Waals surface area contributed by atoms with E-state index in [1.54, 1.807) is 5.38 Å². The second-order valence-corrected chi connectivity index (χ2v) is 8.91. The predicted octanol–water partition coefficient (Wildman–Crippen LogP) is 6.55. The standard InChI is InChI=1S/C26H25NO4S/c1-17(2)15-30-26(29)24-20(27-23(28)13-12-18-8-4-3-5-9-18)16-32-25(24)22-14-19-10-6-7-11-21(19)31-22/h3-11,14,16-17H,12-13,15H2,1-2H3,(H,27,28). The zero-order valence-electron chi connectivity index (χ0n) is 18.1. The van der Waals surface area contributed by atoms with Gasteiger partial charge in [-0.1, -0.05) is 62.4 Å².